The summed E-state index contributed by atoms with van der Waals surface area (Å²) in [5, 5.41) is 0. The summed E-state index contributed by atoms with van der Waals surface area (Å²) in [6, 6.07) is 6.38. The summed E-state index contributed by atoms with van der Waals surface area (Å²) < 4.78 is 16.4. The van der Waals surface area contributed by atoms with Crippen LogP contribution in [0.1, 0.15) is 36.1 Å². The molecule has 0 saturated carbocycles. The molecule has 3 saturated heterocycles. The number of aryl methyl sites for hydroxylation is 2. The standard InChI is InChI=1S/C19H23NO5/c1-11-6-7-13(12(2)8-11)14-9-18-17(3,10-20(14)4)24-16(22)19(18,25-18)15(21)23-5/h6-8,14H,9-10H2,1-5H3/t14-,17-,18-,19+/m1/s1. The zero-order valence-corrected chi connectivity index (χ0v) is 15.2. The minimum atomic E-state index is -1.60. The van der Waals surface area contributed by atoms with Crippen LogP contribution in [0.3, 0.4) is 0 Å². The van der Waals surface area contributed by atoms with E-state index in [-0.39, 0.29) is 6.04 Å². The average Bonchev–Trinajstić information content (AvgIpc) is 3.18. The van der Waals surface area contributed by atoms with Gasteiger partial charge in [0.05, 0.1) is 7.11 Å². The van der Waals surface area contributed by atoms with Crippen LogP contribution in [0.4, 0.5) is 0 Å². The Labute approximate surface area is 147 Å². The highest BCUT2D eigenvalue weighted by molar-refractivity contribution is 6.11. The van der Waals surface area contributed by atoms with Gasteiger partial charge >= 0.3 is 11.9 Å². The number of carbonyl (C=O) groups is 2. The smallest absolute Gasteiger partial charge is 0.354 e. The van der Waals surface area contributed by atoms with E-state index in [4.69, 9.17) is 14.2 Å². The Morgan fingerprint density at radius 2 is 2.08 bits per heavy atom. The second-order valence-corrected chi connectivity index (χ2v) is 7.72. The maximum atomic E-state index is 12.5. The largest absolute Gasteiger partial charge is 0.466 e. The average molecular weight is 345 g/mol. The number of rotatable bonds is 2. The molecule has 3 fully saturated rings. The van der Waals surface area contributed by atoms with Crippen molar-refractivity contribution >= 4 is 11.9 Å². The highest BCUT2D eigenvalue weighted by atomic mass is 16.7. The molecule has 3 aliphatic rings. The van der Waals surface area contributed by atoms with Crippen molar-refractivity contribution in [2.75, 3.05) is 20.7 Å². The third kappa shape index (κ3) is 1.81. The third-order valence-electron chi connectivity index (χ3n) is 6.14. The molecule has 0 aromatic heterocycles. The number of likely N-dealkylation sites (tertiary alicyclic amines) is 1. The quantitative estimate of drug-likeness (QED) is 0.461. The van der Waals surface area contributed by atoms with Crippen molar-refractivity contribution in [3.05, 3.63) is 34.9 Å². The molecule has 1 spiro atoms. The van der Waals surface area contributed by atoms with Gasteiger partial charge in [-0.1, -0.05) is 23.8 Å². The molecule has 6 heteroatoms. The minimum absolute atomic E-state index is 0.0368. The molecule has 1 aromatic carbocycles. The SMILES string of the molecule is COC(=O)[C@@]12O[C@@]13C[C@H](c1ccc(C)cc1C)N(C)C[C@@]3(C)OC2=O. The van der Waals surface area contributed by atoms with E-state index in [0.717, 1.165) is 0 Å². The molecule has 0 bridgehead atoms. The van der Waals surface area contributed by atoms with E-state index in [1.165, 1.54) is 23.8 Å². The van der Waals surface area contributed by atoms with Crippen LogP contribution >= 0.6 is 0 Å². The van der Waals surface area contributed by atoms with Crippen LogP contribution in [0.2, 0.25) is 0 Å². The summed E-state index contributed by atoms with van der Waals surface area (Å²) in [5.74, 6) is -1.29. The monoisotopic (exact) mass is 345 g/mol. The van der Waals surface area contributed by atoms with E-state index >= 15 is 0 Å². The van der Waals surface area contributed by atoms with E-state index in [1.54, 1.807) is 0 Å². The molecular weight excluding hydrogens is 322 g/mol. The Kier molecular flexibility index (Phi) is 3.19. The molecule has 0 N–H and O–H groups in total. The zero-order chi connectivity index (χ0) is 18.2. The molecule has 3 heterocycles. The first-order chi connectivity index (χ1) is 11.7. The second kappa shape index (κ2) is 4.83. The second-order valence-electron chi connectivity index (χ2n) is 7.72. The lowest BCUT2D eigenvalue weighted by atomic mass is 9.72. The first-order valence-corrected chi connectivity index (χ1v) is 8.50. The number of ether oxygens (including phenoxy) is 3. The van der Waals surface area contributed by atoms with Crippen LogP contribution in [0.5, 0.6) is 0 Å². The fourth-order valence-corrected chi connectivity index (χ4v) is 4.84. The van der Waals surface area contributed by atoms with Gasteiger partial charge in [-0.2, -0.15) is 0 Å². The lowest BCUT2D eigenvalue weighted by Gasteiger charge is -2.45. The number of nitrogens with zero attached hydrogens (tertiary/aromatic N) is 1. The van der Waals surface area contributed by atoms with Gasteiger partial charge in [0.25, 0.3) is 5.60 Å². The lowest BCUT2D eigenvalue weighted by molar-refractivity contribution is -0.178. The molecule has 6 nitrogen and oxygen atoms in total. The molecule has 4 rings (SSSR count). The maximum absolute atomic E-state index is 12.5. The highest BCUT2D eigenvalue weighted by Crippen LogP contribution is 2.68. The molecule has 0 amide bonds. The van der Waals surface area contributed by atoms with E-state index < -0.39 is 28.7 Å². The van der Waals surface area contributed by atoms with Crippen LogP contribution in [0.25, 0.3) is 0 Å². The Morgan fingerprint density at radius 3 is 2.72 bits per heavy atom. The van der Waals surface area contributed by atoms with Crippen molar-refractivity contribution in [2.45, 2.75) is 50.0 Å². The number of carbonyl (C=O) groups excluding carboxylic acids is 2. The van der Waals surface area contributed by atoms with Crippen LogP contribution < -0.4 is 0 Å². The van der Waals surface area contributed by atoms with Crippen molar-refractivity contribution in [1.82, 2.24) is 4.90 Å². The van der Waals surface area contributed by atoms with Crippen LogP contribution in [-0.4, -0.2) is 54.3 Å². The number of likely N-dealkylation sites (N-methyl/N-ethyl adjacent to an activating group) is 1. The summed E-state index contributed by atoms with van der Waals surface area (Å²) in [4.78, 5) is 27.0. The summed E-state index contributed by atoms with van der Waals surface area (Å²) >= 11 is 0. The van der Waals surface area contributed by atoms with Gasteiger partial charge < -0.3 is 14.2 Å². The molecule has 1 aromatic rings. The van der Waals surface area contributed by atoms with E-state index in [1.807, 2.05) is 14.0 Å². The van der Waals surface area contributed by atoms with Gasteiger partial charge in [0.1, 0.15) is 0 Å². The number of hydrogen-bond donors (Lipinski definition) is 0. The van der Waals surface area contributed by atoms with Crippen molar-refractivity contribution in [1.29, 1.82) is 0 Å². The normalized spacial score (nSPS) is 39.4. The predicted octanol–water partition coefficient (Wildman–Crippen LogP) is 1.68. The number of epoxide rings is 1. The number of hydrogen-bond acceptors (Lipinski definition) is 6. The van der Waals surface area contributed by atoms with Crippen LogP contribution in [0.15, 0.2) is 18.2 Å². The molecule has 25 heavy (non-hydrogen) atoms. The molecular formula is C19H23NO5. The maximum Gasteiger partial charge on any atom is 0.354 e. The highest BCUT2D eigenvalue weighted by Gasteiger charge is 2.93. The van der Waals surface area contributed by atoms with Crippen molar-refractivity contribution in [3.8, 4) is 0 Å². The zero-order valence-electron chi connectivity index (χ0n) is 15.2. The predicted molar refractivity (Wildman–Crippen MR) is 89.0 cm³/mol. The fraction of sp³-hybridized carbons (Fsp3) is 0.579. The number of benzene rings is 1. The summed E-state index contributed by atoms with van der Waals surface area (Å²) in [6.45, 7) is 6.49. The number of piperidine rings is 1. The fourth-order valence-electron chi connectivity index (χ4n) is 4.84. The minimum Gasteiger partial charge on any atom is -0.466 e. The molecule has 0 radical (unpaired) electrons. The lowest BCUT2D eigenvalue weighted by Crippen LogP contribution is -2.58. The van der Waals surface area contributed by atoms with Gasteiger partial charge in [0, 0.05) is 19.0 Å². The van der Waals surface area contributed by atoms with Gasteiger partial charge in [-0.25, -0.2) is 9.59 Å². The van der Waals surface area contributed by atoms with Gasteiger partial charge in [0.2, 0.25) is 0 Å². The Hall–Kier alpha value is -1.92. The number of methoxy groups -OCH3 is 1. The topological polar surface area (TPSA) is 68.4 Å². The van der Waals surface area contributed by atoms with Crippen molar-refractivity contribution in [2.24, 2.45) is 0 Å². The molecule has 134 valence electrons. The Balaban J connectivity index is 1.77. The first-order valence-electron chi connectivity index (χ1n) is 8.50. The van der Waals surface area contributed by atoms with Gasteiger partial charge in [-0.15, -0.1) is 0 Å². The molecule has 4 atom stereocenters. The summed E-state index contributed by atoms with van der Waals surface area (Å²) in [7, 11) is 3.28. The first kappa shape index (κ1) is 16.5. The van der Waals surface area contributed by atoms with Gasteiger partial charge in [0.15, 0.2) is 11.2 Å². The van der Waals surface area contributed by atoms with E-state index in [0.29, 0.717) is 13.0 Å². The van der Waals surface area contributed by atoms with Crippen molar-refractivity contribution in [3.63, 3.8) is 0 Å². The van der Waals surface area contributed by atoms with Gasteiger partial charge in [-0.05, 0) is 38.9 Å². The third-order valence-corrected chi connectivity index (χ3v) is 6.14. The van der Waals surface area contributed by atoms with Crippen LogP contribution in [0, 0.1) is 13.8 Å². The Morgan fingerprint density at radius 1 is 1.36 bits per heavy atom. The van der Waals surface area contributed by atoms with E-state index in [9.17, 15) is 9.59 Å². The summed E-state index contributed by atoms with van der Waals surface area (Å²) in [5.41, 5.74) is 0.147. The Bertz CT molecular complexity index is 792. The number of esters is 2. The molecule has 0 aliphatic carbocycles. The molecule has 0 unspecified atom stereocenters. The molecule has 3 aliphatic heterocycles. The van der Waals surface area contributed by atoms with Gasteiger partial charge in [-0.3, -0.25) is 4.90 Å². The van der Waals surface area contributed by atoms with E-state index in [2.05, 4.69) is 36.9 Å². The summed E-state index contributed by atoms with van der Waals surface area (Å²) in [6.07, 6.45) is 0.505. The van der Waals surface area contributed by atoms with Crippen molar-refractivity contribution < 1.29 is 23.8 Å². The van der Waals surface area contributed by atoms with Crippen LogP contribution in [-0.2, 0) is 23.8 Å².